The first kappa shape index (κ1) is 17.0. The van der Waals surface area contributed by atoms with Crippen molar-refractivity contribution in [2.45, 2.75) is 19.4 Å². The van der Waals surface area contributed by atoms with Crippen molar-refractivity contribution < 1.29 is 18.0 Å². The number of hydrogen-bond acceptors (Lipinski definition) is 2. The molecule has 0 aliphatic rings. The highest BCUT2D eigenvalue weighted by molar-refractivity contribution is 5.96. The Kier molecular flexibility index (Phi) is 5.05. The summed E-state index contributed by atoms with van der Waals surface area (Å²) in [6, 6.07) is 6.22. The number of likely N-dealkylation sites (N-methyl/N-ethyl adjacent to an activating group) is 1. The van der Waals surface area contributed by atoms with Gasteiger partial charge in [0.25, 0.3) is 0 Å². The van der Waals surface area contributed by atoms with Gasteiger partial charge in [-0.15, -0.1) is 0 Å². The molecule has 0 saturated heterocycles. The molecule has 1 atom stereocenters. The fourth-order valence-electron chi connectivity index (χ4n) is 2.36. The van der Waals surface area contributed by atoms with E-state index in [2.05, 4.69) is 0 Å². The van der Waals surface area contributed by atoms with E-state index in [0.29, 0.717) is 11.3 Å². The Labute approximate surface area is 132 Å². The average Bonchev–Trinajstić information content (AvgIpc) is 2.43. The van der Waals surface area contributed by atoms with Crippen LogP contribution in [0.3, 0.4) is 0 Å². The van der Waals surface area contributed by atoms with Gasteiger partial charge in [0.1, 0.15) is 17.5 Å². The third-order valence-electron chi connectivity index (χ3n) is 3.44. The highest BCUT2D eigenvalue weighted by Gasteiger charge is 2.20. The Bertz CT molecular complexity index is 693. The van der Waals surface area contributed by atoms with Gasteiger partial charge in [-0.05, 0) is 54.8 Å². The van der Waals surface area contributed by atoms with Crippen molar-refractivity contribution in [3.8, 4) is 0 Å². The molecule has 2 aromatic rings. The van der Waals surface area contributed by atoms with Crippen molar-refractivity contribution in [1.29, 1.82) is 0 Å². The van der Waals surface area contributed by atoms with Gasteiger partial charge in [0.2, 0.25) is 5.91 Å². The lowest BCUT2D eigenvalue weighted by molar-refractivity contribution is -0.119. The van der Waals surface area contributed by atoms with Crippen LogP contribution in [0, 0.1) is 24.4 Å². The predicted molar refractivity (Wildman–Crippen MR) is 82.6 cm³/mol. The molecule has 6 heteroatoms. The lowest BCUT2D eigenvalue weighted by Gasteiger charge is -2.22. The minimum Gasteiger partial charge on any atom is -0.320 e. The molecule has 0 radical (unpaired) electrons. The zero-order chi connectivity index (χ0) is 17.1. The summed E-state index contributed by atoms with van der Waals surface area (Å²) in [4.78, 5) is 13.6. The van der Waals surface area contributed by atoms with E-state index in [-0.39, 0.29) is 12.0 Å². The van der Waals surface area contributed by atoms with E-state index in [1.807, 2.05) is 0 Å². The van der Waals surface area contributed by atoms with Crippen LogP contribution in [0.25, 0.3) is 0 Å². The van der Waals surface area contributed by atoms with Gasteiger partial charge in [0, 0.05) is 18.8 Å². The van der Waals surface area contributed by atoms with Crippen LogP contribution in [0.5, 0.6) is 0 Å². The van der Waals surface area contributed by atoms with Gasteiger partial charge in [-0.3, -0.25) is 4.79 Å². The van der Waals surface area contributed by atoms with Gasteiger partial charge in [0.05, 0.1) is 6.04 Å². The van der Waals surface area contributed by atoms with Crippen LogP contribution in [0.4, 0.5) is 18.9 Å². The summed E-state index contributed by atoms with van der Waals surface area (Å²) in [6.07, 6.45) is -0.0217. The zero-order valence-electron chi connectivity index (χ0n) is 12.8. The van der Waals surface area contributed by atoms with Crippen molar-refractivity contribution in [2.24, 2.45) is 5.73 Å². The minimum absolute atomic E-state index is 0.0217. The largest absolute Gasteiger partial charge is 0.320 e. The van der Waals surface area contributed by atoms with Gasteiger partial charge in [-0.2, -0.15) is 0 Å². The van der Waals surface area contributed by atoms with Gasteiger partial charge < -0.3 is 10.6 Å². The number of nitrogens with two attached hydrogens (primary N) is 1. The van der Waals surface area contributed by atoms with Crippen LogP contribution in [0.1, 0.15) is 11.1 Å². The molecule has 1 amide bonds. The number of carbonyl (C=O) groups is 1. The van der Waals surface area contributed by atoms with E-state index >= 15 is 0 Å². The molecule has 23 heavy (non-hydrogen) atoms. The molecule has 0 bridgehead atoms. The number of amides is 1. The second kappa shape index (κ2) is 6.83. The molecule has 0 aliphatic carbocycles. The van der Waals surface area contributed by atoms with Crippen molar-refractivity contribution in [2.75, 3.05) is 11.9 Å². The van der Waals surface area contributed by atoms with E-state index in [1.165, 1.54) is 24.1 Å². The van der Waals surface area contributed by atoms with E-state index in [9.17, 15) is 18.0 Å². The number of anilines is 1. The fraction of sp³-hybridized carbons (Fsp3) is 0.235. The molecule has 0 aliphatic heterocycles. The van der Waals surface area contributed by atoms with Crippen molar-refractivity contribution >= 4 is 11.6 Å². The van der Waals surface area contributed by atoms with Crippen LogP contribution < -0.4 is 10.6 Å². The molecular formula is C17H17F3N2O. The van der Waals surface area contributed by atoms with Gasteiger partial charge in [-0.1, -0.05) is 0 Å². The van der Waals surface area contributed by atoms with E-state index in [0.717, 1.165) is 18.2 Å². The first-order valence-electron chi connectivity index (χ1n) is 7.01. The van der Waals surface area contributed by atoms with Gasteiger partial charge in [-0.25, -0.2) is 13.2 Å². The zero-order valence-corrected chi connectivity index (χ0v) is 12.8. The lowest BCUT2D eigenvalue weighted by Crippen LogP contribution is -2.43. The number of halogens is 3. The summed E-state index contributed by atoms with van der Waals surface area (Å²) < 4.78 is 39.8. The third-order valence-corrected chi connectivity index (χ3v) is 3.44. The number of carbonyl (C=O) groups excluding carboxylic acids is 1. The minimum atomic E-state index is -0.996. The Morgan fingerprint density at radius 1 is 1.04 bits per heavy atom. The van der Waals surface area contributed by atoms with Crippen LogP contribution in [-0.4, -0.2) is 19.0 Å². The first-order chi connectivity index (χ1) is 10.8. The maximum absolute atomic E-state index is 13.4. The summed E-state index contributed by atoms with van der Waals surface area (Å²) in [5, 5.41) is 0. The number of nitrogens with zero attached hydrogens (tertiary/aromatic N) is 1. The van der Waals surface area contributed by atoms with Gasteiger partial charge in [0.15, 0.2) is 0 Å². The quantitative estimate of drug-likeness (QED) is 0.941. The average molecular weight is 322 g/mol. The summed E-state index contributed by atoms with van der Waals surface area (Å²) in [6.45, 7) is 1.71. The Hall–Kier alpha value is -2.34. The number of hydrogen-bond donors (Lipinski definition) is 1. The molecule has 2 rings (SSSR count). The molecule has 122 valence electrons. The normalized spacial score (nSPS) is 12.1. The lowest BCUT2D eigenvalue weighted by atomic mass is 10.0. The van der Waals surface area contributed by atoms with Crippen LogP contribution in [-0.2, 0) is 11.2 Å². The predicted octanol–water partition coefficient (Wildman–Crippen LogP) is 2.95. The van der Waals surface area contributed by atoms with Crippen LogP contribution in [0.2, 0.25) is 0 Å². The molecule has 0 spiro atoms. The van der Waals surface area contributed by atoms with Crippen molar-refractivity contribution in [1.82, 2.24) is 0 Å². The van der Waals surface area contributed by atoms with Crippen LogP contribution >= 0.6 is 0 Å². The Balaban J connectivity index is 2.15. The highest BCUT2D eigenvalue weighted by Crippen LogP contribution is 2.18. The van der Waals surface area contributed by atoms with E-state index in [1.54, 1.807) is 13.0 Å². The standard InChI is InChI=1S/C17H17F3N2O/c1-10-3-12(18)9-15(4-10)22(2)17(23)16(21)7-11-5-13(19)8-14(20)6-11/h3-6,8-9,16H,7,21H2,1-2H3/t16-/m0/s1. The first-order valence-corrected chi connectivity index (χ1v) is 7.01. The molecule has 2 N–H and O–H groups in total. The molecule has 0 unspecified atom stereocenters. The Morgan fingerprint density at radius 3 is 2.17 bits per heavy atom. The monoisotopic (exact) mass is 322 g/mol. The highest BCUT2D eigenvalue weighted by atomic mass is 19.1. The molecule has 3 nitrogen and oxygen atoms in total. The van der Waals surface area contributed by atoms with E-state index in [4.69, 9.17) is 5.73 Å². The number of aryl methyl sites for hydroxylation is 1. The second-order valence-corrected chi connectivity index (χ2v) is 5.47. The van der Waals surface area contributed by atoms with E-state index < -0.39 is 29.4 Å². The number of benzene rings is 2. The molecule has 2 aromatic carbocycles. The molecule has 0 aromatic heterocycles. The maximum atomic E-state index is 13.4. The molecular weight excluding hydrogens is 305 g/mol. The van der Waals surface area contributed by atoms with Gasteiger partial charge >= 0.3 is 0 Å². The SMILES string of the molecule is Cc1cc(F)cc(N(C)C(=O)[C@@H](N)Cc2cc(F)cc(F)c2)c1. The molecule has 0 saturated carbocycles. The molecule has 0 fully saturated rings. The topological polar surface area (TPSA) is 46.3 Å². The maximum Gasteiger partial charge on any atom is 0.243 e. The summed E-state index contributed by atoms with van der Waals surface area (Å²) >= 11 is 0. The smallest absolute Gasteiger partial charge is 0.243 e. The van der Waals surface area contributed by atoms with Crippen molar-refractivity contribution in [3.05, 3.63) is 65.0 Å². The molecule has 0 heterocycles. The third kappa shape index (κ3) is 4.32. The van der Waals surface area contributed by atoms with Crippen molar-refractivity contribution in [3.63, 3.8) is 0 Å². The Morgan fingerprint density at radius 2 is 1.61 bits per heavy atom. The summed E-state index contributed by atoms with van der Waals surface area (Å²) in [7, 11) is 1.47. The summed E-state index contributed by atoms with van der Waals surface area (Å²) in [5.41, 5.74) is 7.15. The number of rotatable bonds is 4. The van der Waals surface area contributed by atoms with Crippen LogP contribution in [0.15, 0.2) is 36.4 Å². The second-order valence-electron chi connectivity index (χ2n) is 5.47. The summed E-state index contributed by atoms with van der Waals surface area (Å²) in [5.74, 6) is -2.39. The fourth-order valence-corrected chi connectivity index (χ4v) is 2.36.